The number of β-amino-alcohol motifs (C(OH)–C–C–N with tert-alkyl or cyclic N) is 1. The molecule has 132 valence electrons. The van der Waals surface area contributed by atoms with Crippen LogP contribution in [0.2, 0.25) is 0 Å². The molecule has 5 nitrogen and oxygen atoms in total. The molecule has 1 aliphatic heterocycles. The number of piperazine rings is 1. The van der Waals surface area contributed by atoms with E-state index >= 15 is 0 Å². The second-order valence-corrected chi connectivity index (χ2v) is 6.82. The smallest absolute Gasteiger partial charge is 0.135 e. The van der Waals surface area contributed by atoms with E-state index in [1.807, 2.05) is 42.5 Å². The first-order valence-corrected chi connectivity index (χ1v) is 8.82. The van der Waals surface area contributed by atoms with Crippen molar-refractivity contribution in [3.8, 4) is 5.75 Å². The fourth-order valence-electron chi connectivity index (χ4n) is 3.37. The molecule has 1 saturated heterocycles. The zero-order chi connectivity index (χ0) is 17.2. The van der Waals surface area contributed by atoms with E-state index in [4.69, 9.17) is 9.15 Å². The molecule has 2 aromatic carbocycles. The van der Waals surface area contributed by atoms with Crippen LogP contribution >= 0.6 is 0 Å². The molecule has 0 radical (unpaired) electrons. The van der Waals surface area contributed by atoms with Crippen LogP contribution in [0.5, 0.6) is 5.75 Å². The Labute approximate surface area is 147 Å². The third-order valence-corrected chi connectivity index (χ3v) is 4.86. The molecule has 1 atom stereocenters. The lowest BCUT2D eigenvalue weighted by molar-refractivity contribution is 0.0505. The average Bonchev–Trinajstić information content (AvgIpc) is 3.00. The third-order valence-electron chi connectivity index (χ3n) is 4.86. The molecule has 1 aliphatic rings. The minimum atomic E-state index is -0.486. The highest BCUT2D eigenvalue weighted by molar-refractivity contribution is 6.05. The first-order valence-electron chi connectivity index (χ1n) is 8.82. The summed E-state index contributed by atoms with van der Waals surface area (Å²) in [5, 5.41) is 12.4. The van der Waals surface area contributed by atoms with Gasteiger partial charge >= 0.3 is 0 Å². The minimum Gasteiger partial charge on any atom is -0.491 e. The maximum atomic E-state index is 10.3. The number of para-hydroxylation sites is 1. The quantitative estimate of drug-likeness (QED) is 0.774. The highest BCUT2D eigenvalue weighted by Crippen LogP contribution is 2.31. The molecule has 1 fully saturated rings. The van der Waals surface area contributed by atoms with Crippen molar-refractivity contribution in [2.24, 2.45) is 0 Å². The van der Waals surface area contributed by atoms with E-state index in [9.17, 15) is 5.11 Å². The summed E-state index contributed by atoms with van der Waals surface area (Å²) in [6.07, 6.45) is -0.486. The Morgan fingerprint density at radius 2 is 1.80 bits per heavy atom. The second-order valence-electron chi connectivity index (χ2n) is 6.82. The van der Waals surface area contributed by atoms with Gasteiger partial charge in [0.25, 0.3) is 0 Å². The number of aliphatic hydroxyl groups is 1. The molecule has 3 aromatic rings. The van der Waals surface area contributed by atoms with E-state index in [2.05, 4.69) is 16.8 Å². The number of hydrogen-bond acceptors (Lipinski definition) is 5. The van der Waals surface area contributed by atoms with Gasteiger partial charge < -0.3 is 19.2 Å². The minimum absolute atomic E-state index is 0.299. The van der Waals surface area contributed by atoms with Crippen molar-refractivity contribution in [2.75, 3.05) is 46.4 Å². The van der Waals surface area contributed by atoms with Gasteiger partial charge in [0.1, 0.15) is 29.6 Å². The van der Waals surface area contributed by atoms with Gasteiger partial charge in [-0.3, -0.25) is 4.90 Å². The molecule has 2 heterocycles. The first-order chi connectivity index (χ1) is 12.2. The van der Waals surface area contributed by atoms with Crippen molar-refractivity contribution in [3.05, 3.63) is 42.5 Å². The maximum Gasteiger partial charge on any atom is 0.135 e. The summed E-state index contributed by atoms with van der Waals surface area (Å²) in [7, 11) is 2.13. The summed E-state index contributed by atoms with van der Waals surface area (Å²) >= 11 is 0. The van der Waals surface area contributed by atoms with Crippen molar-refractivity contribution in [2.45, 2.75) is 6.10 Å². The van der Waals surface area contributed by atoms with Gasteiger partial charge in [-0.25, -0.2) is 0 Å². The van der Waals surface area contributed by atoms with E-state index in [1.165, 1.54) is 0 Å². The van der Waals surface area contributed by atoms with Crippen molar-refractivity contribution in [3.63, 3.8) is 0 Å². The predicted molar refractivity (Wildman–Crippen MR) is 99.2 cm³/mol. The molecule has 4 rings (SSSR count). The fraction of sp³-hybridized carbons (Fsp3) is 0.400. The number of furan rings is 1. The highest BCUT2D eigenvalue weighted by Gasteiger charge is 2.17. The van der Waals surface area contributed by atoms with Crippen LogP contribution in [-0.2, 0) is 0 Å². The SMILES string of the molecule is CN1CCN(C[C@@H](O)COc2ccc3oc4ccccc4c3c2)CC1. The van der Waals surface area contributed by atoms with Crippen LogP contribution in [0.1, 0.15) is 0 Å². The number of rotatable bonds is 5. The number of nitrogens with zero attached hydrogens (tertiary/aromatic N) is 2. The lowest BCUT2D eigenvalue weighted by Crippen LogP contribution is -2.47. The number of fused-ring (bicyclic) bond motifs is 3. The summed E-state index contributed by atoms with van der Waals surface area (Å²) in [6.45, 7) is 5.06. The Morgan fingerprint density at radius 1 is 1.04 bits per heavy atom. The van der Waals surface area contributed by atoms with E-state index in [0.29, 0.717) is 13.2 Å². The van der Waals surface area contributed by atoms with Gasteiger partial charge in [0.05, 0.1) is 0 Å². The Kier molecular flexibility index (Phi) is 4.61. The normalized spacial score (nSPS) is 18.0. The Balaban J connectivity index is 1.39. The van der Waals surface area contributed by atoms with Crippen molar-refractivity contribution in [1.82, 2.24) is 9.80 Å². The molecule has 0 amide bonds. The number of likely N-dealkylation sites (N-methyl/N-ethyl adjacent to an activating group) is 1. The Morgan fingerprint density at radius 3 is 2.64 bits per heavy atom. The van der Waals surface area contributed by atoms with E-state index in [1.54, 1.807) is 0 Å². The Bertz CT molecular complexity index is 852. The summed E-state index contributed by atoms with van der Waals surface area (Å²) < 4.78 is 11.7. The van der Waals surface area contributed by atoms with Gasteiger partial charge in [0, 0.05) is 43.5 Å². The van der Waals surface area contributed by atoms with Crippen molar-refractivity contribution < 1.29 is 14.3 Å². The Hall–Kier alpha value is -2.08. The molecular weight excluding hydrogens is 316 g/mol. The molecular formula is C20H24N2O3. The van der Waals surface area contributed by atoms with Crippen LogP contribution in [0.15, 0.2) is 46.9 Å². The van der Waals surface area contributed by atoms with Crippen LogP contribution in [0.25, 0.3) is 21.9 Å². The molecule has 0 spiro atoms. The molecule has 0 unspecified atom stereocenters. The molecule has 5 heteroatoms. The van der Waals surface area contributed by atoms with Crippen LogP contribution in [0.4, 0.5) is 0 Å². The molecule has 25 heavy (non-hydrogen) atoms. The monoisotopic (exact) mass is 340 g/mol. The molecule has 0 bridgehead atoms. The van der Waals surface area contributed by atoms with Crippen molar-refractivity contribution >= 4 is 21.9 Å². The maximum absolute atomic E-state index is 10.3. The van der Waals surface area contributed by atoms with Crippen LogP contribution in [0, 0.1) is 0 Å². The summed E-state index contributed by atoms with van der Waals surface area (Å²) in [4.78, 5) is 4.60. The van der Waals surface area contributed by atoms with E-state index in [-0.39, 0.29) is 0 Å². The predicted octanol–water partition coefficient (Wildman–Crippen LogP) is 2.57. The largest absolute Gasteiger partial charge is 0.491 e. The molecule has 1 N–H and O–H groups in total. The summed E-state index contributed by atoms with van der Waals surface area (Å²) in [6, 6.07) is 13.8. The van der Waals surface area contributed by atoms with Gasteiger partial charge in [-0.1, -0.05) is 18.2 Å². The summed E-state index contributed by atoms with van der Waals surface area (Å²) in [5.74, 6) is 0.761. The number of hydrogen-bond donors (Lipinski definition) is 1. The zero-order valence-electron chi connectivity index (χ0n) is 14.5. The van der Waals surface area contributed by atoms with Gasteiger partial charge in [0.2, 0.25) is 0 Å². The van der Waals surface area contributed by atoms with Gasteiger partial charge in [-0.05, 0) is 31.3 Å². The standard InChI is InChI=1S/C20H24N2O3/c1-21-8-10-22(11-9-21)13-15(23)14-24-16-6-7-20-18(12-16)17-4-2-3-5-19(17)25-20/h2-7,12,15,23H,8-11,13-14H2,1H3/t15-/m1/s1. The molecule has 0 saturated carbocycles. The molecule has 0 aliphatic carbocycles. The fourth-order valence-corrected chi connectivity index (χ4v) is 3.37. The number of ether oxygens (including phenoxy) is 1. The second kappa shape index (κ2) is 7.04. The highest BCUT2D eigenvalue weighted by atomic mass is 16.5. The topological polar surface area (TPSA) is 49.1 Å². The van der Waals surface area contributed by atoms with Gasteiger partial charge in [-0.2, -0.15) is 0 Å². The summed E-state index contributed by atoms with van der Waals surface area (Å²) in [5.41, 5.74) is 1.73. The van der Waals surface area contributed by atoms with E-state index < -0.39 is 6.10 Å². The van der Waals surface area contributed by atoms with Gasteiger partial charge in [0.15, 0.2) is 0 Å². The lowest BCUT2D eigenvalue weighted by Gasteiger charge is -2.33. The van der Waals surface area contributed by atoms with Gasteiger partial charge in [-0.15, -0.1) is 0 Å². The zero-order valence-corrected chi connectivity index (χ0v) is 14.5. The van der Waals surface area contributed by atoms with Crippen molar-refractivity contribution in [1.29, 1.82) is 0 Å². The van der Waals surface area contributed by atoms with Crippen LogP contribution < -0.4 is 4.74 Å². The average molecular weight is 340 g/mol. The lowest BCUT2D eigenvalue weighted by atomic mass is 10.1. The number of benzene rings is 2. The first kappa shape index (κ1) is 16.4. The van der Waals surface area contributed by atoms with Crippen LogP contribution in [0.3, 0.4) is 0 Å². The third kappa shape index (κ3) is 3.63. The van der Waals surface area contributed by atoms with E-state index in [0.717, 1.165) is 53.9 Å². The van der Waals surface area contributed by atoms with Crippen LogP contribution in [-0.4, -0.2) is 67.4 Å². The number of aliphatic hydroxyl groups excluding tert-OH is 1. The molecule has 1 aromatic heterocycles.